The van der Waals surface area contributed by atoms with Crippen LogP contribution >= 0.6 is 0 Å². The lowest BCUT2D eigenvalue weighted by Gasteiger charge is -2.38. The summed E-state index contributed by atoms with van der Waals surface area (Å²) >= 11 is 0. The van der Waals surface area contributed by atoms with Gasteiger partial charge < -0.3 is 9.64 Å². The number of esters is 1. The van der Waals surface area contributed by atoms with Gasteiger partial charge in [-0.25, -0.2) is 4.68 Å². The lowest BCUT2D eigenvalue weighted by molar-refractivity contribution is -0.153. The Hall–Kier alpha value is -3.14. The maximum Gasteiger partial charge on any atom is 0.306 e. The molecular formula is C22H26N4O3. The smallest absolute Gasteiger partial charge is 0.306 e. The van der Waals surface area contributed by atoms with Crippen molar-refractivity contribution in [3.8, 4) is 11.8 Å². The minimum absolute atomic E-state index is 0.168. The van der Waals surface area contributed by atoms with Crippen LogP contribution < -0.4 is 0 Å². The highest BCUT2D eigenvalue weighted by Crippen LogP contribution is 2.32. The van der Waals surface area contributed by atoms with Gasteiger partial charge in [-0.05, 0) is 37.0 Å². The number of aryl methyl sites for hydroxylation is 1. The number of nitriles is 1. The number of hydrogen-bond donors (Lipinski definition) is 0. The van der Waals surface area contributed by atoms with Crippen molar-refractivity contribution in [3.05, 3.63) is 48.3 Å². The zero-order chi connectivity index (χ0) is 20.7. The molecule has 0 spiro atoms. The number of ether oxygens (including phenoxy) is 1. The molecule has 1 aromatic carbocycles. The average molecular weight is 394 g/mol. The third kappa shape index (κ3) is 5.02. The Morgan fingerprint density at radius 1 is 1.24 bits per heavy atom. The molecule has 1 aliphatic carbocycles. The van der Waals surface area contributed by atoms with E-state index >= 15 is 0 Å². The first-order chi connectivity index (χ1) is 14.0. The van der Waals surface area contributed by atoms with E-state index in [2.05, 4.69) is 11.2 Å². The summed E-state index contributed by atoms with van der Waals surface area (Å²) < 4.78 is 6.91. The molecule has 1 aliphatic rings. The second-order valence-electron chi connectivity index (χ2n) is 7.45. The third-order valence-corrected chi connectivity index (χ3v) is 5.54. The number of carbonyl (C=O) groups excluding carboxylic acids is 2. The van der Waals surface area contributed by atoms with Crippen molar-refractivity contribution in [1.29, 1.82) is 5.26 Å². The SMILES string of the molecule is CN(C(=O)COC(=O)CCc1cnn(-c2ccccc2)c1)C1(C#N)CCCCC1. The predicted octanol–water partition coefficient (Wildman–Crippen LogP) is 3.03. The molecule has 0 bridgehead atoms. The zero-order valence-corrected chi connectivity index (χ0v) is 16.7. The van der Waals surface area contributed by atoms with Crippen LogP contribution in [0.1, 0.15) is 44.1 Å². The molecule has 2 aromatic rings. The molecule has 152 valence electrons. The van der Waals surface area contributed by atoms with E-state index in [1.165, 1.54) is 4.90 Å². The number of benzene rings is 1. The summed E-state index contributed by atoms with van der Waals surface area (Å²) in [6.45, 7) is -0.331. The number of carbonyl (C=O) groups is 2. The Morgan fingerprint density at radius 2 is 1.97 bits per heavy atom. The second-order valence-corrected chi connectivity index (χ2v) is 7.45. The van der Waals surface area contributed by atoms with Crippen LogP contribution in [-0.2, 0) is 20.7 Å². The summed E-state index contributed by atoms with van der Waals surface area (Å²) in [6, 6.07) is 12.0. The molecule has 7 nitrogen and oxygen atoms in total. The summed E-state index contributed by atoms with van der Waals surface area (Å²) in [5.41, 5.74) is 1.09. The van der Waals surface area contributed by atoms with Crippen LogP contribution in [0.3, 0.4) is 0 Å². The fourth-order valence-electron chi connectivity index (χ4n) is 3.67. The number of nitrogens with zero attached hydrogens (tertiary/aromatic N) is 4. The molecule has 1 amide bonds. The minimum atomic E-state index is -0.770. The van der Waals surface area contributed by atoms with E-state index in [4.69, 9.17) is 4.74 Å². The summed E-state index contributed by atoms with van der Waals surface area (Å²) in [6.07, 6.45) is 8.54. The number of likely N-dealkylation sites (N-methyl/N-ethyl adjacent to an activating group) is 1. The standard InChI is InChI=1S/C22H26N4O3/c1-25(22(17-23)12-6-3-7-13-22)20(27)16-29-21(28)11-10-18-14-24-26(15-18)19-8-4-2-5-9-19/h2,4-5,8-9,14-15H,3,6-7,10-13,16H2,1H3. The van der Waals surface area contributed by atoms with Gasteiger partial charge in [0.25, 0.3) is 5.91 Å². The predicted molar refractivity (Wildman–Crippen MR) is 107 cm³/mol. The largest absolute Gasteiger partial charge is 0.456 e. The van der Waals surface area contributed by atoms with E-state index in [1.807, 2.05) is 36.5 Å². The van der Waals surface area contributed by atoms with Crippen molar-refractivity contribution >= 4 is 11.9 Å². The lowest BCUT2D eigenvalue weighted by Crippen LogP contribution is -2.51. The molecule has 1 saturated carbocycles. The van der Waals surface area contributed by atoms with Crippen LogP contribution in [0.5, 0.6) is 0 Å². The van der Waals surface area contributed by atoms with E-state index < -0.39 is 11.5 Å². The van der Waals surface area contributed by atoms with Gasteiger partial charge in [-0.3, -0.25) is 9.59 Å². The summed E-state index contributed by atoms with van der Waals surface area (Å²) in [4.78, 5) is 26.0. The molecular weight excluding hydrogens is 368 g/mol. The molecule has 29 heavy (non-hydrogen) atoms. The van der Waals surface area contributed by atoms with Gasteiger partial charge in [-0.1, -0.05) is 37.5 Å². The number of hydrogen-bond acceptors (Lipinski definition) is 5. The van der Waals surface area contributed by atoms with Crippen LogP contribution in [-0.4, -0.2) is 45.8 Å². The van der Waals surface area contributed by atoms with E-state index in [0.717, 1.165) is 30.5 Å². The van der Waals surface area contributed by atoms with E-state index in [1.54, 1.807) is 17.9 Å². The van der Waals surface area contributed by atoms with E-state index in [-0.39, 0.29) is 18.9 Å². The molecule has 1 aromatic heterocycles. The monoisotopic (exact) mass is 394 g/mol. The van der Waals surface area contributed by atoms with Crippen LogP contribution in [0.25, 0.3) is 5.69 Å². The van der Waals surface area contributed by atoms with Gasteiger partial charge >= 0.3 is 5.97 Å². The van der Waals surface area contributed by atoms with Gasteiger partial charge in [0, 0.05) is 19.7 Å². The molecule has 1 heterocycles. The van der Waals surface area contributed by atoms with Crippen molar-refractivity contribution in [3.63, 3.8) is 0 Å². The van der Waals surface area contributed by atoms with Crippen LogP contribution in [0.2, 0.25) is 0 Å². The highest BCUT2D eigenvalue weighted by atomic mass is 16.5. The van der Waals surface area contributed by atoms with Gasteiger partial charge in [0.2, 0.25) is 0 Å². The number of aromatic nitrogens is 2. The minimum Gasteiger partial charge on any atom is -0.456 e. The van der Waals surface area contributed by atoms with Gasteiger partial charge in [0.05, 0.1) is 18.0 Å². The zero-order valence-electron chi connectivity index (χ0n) is 16.7. The van der Waals surface area contributed by atoms with Crippen molar-refractivity contribution < 1.29 is 14.3 Å². The molecule has 0 N–H and O–H groups in total. The van der Waals surface area contributed by atoms with Gasteiger partial charge in [0.15, 0.2) is 6.61 Å². The maximum absolute atomic E-state index is 12.4. The third-order valence-electron chi connectivity index (χ3n) is 5.54. The van der Waals surface area contributed by atoms with Gasteiger partial charge in [-0.2, -0.15) is 10.4 Å². The first-order valence-electron chi connectivity index (χ1n) is 9.96. The Labute approximate surface area is 170 Å². The molecule has 0 radical (unpaired) electrons. The van der Waals surface area contributed by atoms with Gasteiger partial charge in [0.1, 0.15) is 5.54 Å². The fourth-order valence-corrected chi connectivity index (χ4v) is 3.67. The topological polar surface area (TPSA) is 88.2 Å². The molecule has 7 heteroatoms. The fraction of sp³-hybridized carbons (Fsp3) is 0.455. The first-order valence-corrected chi connectivity index (χ1v) is 9.96. The van der Waals surface area contributed by atoms with Crippen LogP contribution in [0.15, 0.2) is 42.7 Å². The highest BCUT2D eigenvalue weighted by Gasteiger charge is 2.38. The molecule has 3 rings (SSSR count). The Bertz CT molecular complexity index is 879. The molecule has 1 fully saturated rings. The normalized spacial score (nSPS) is 15.3. The van der Waals surface area contributed by atoms with Crippen molar-refractivity contribution in [1.82, 2.24) is 14.7 Å². The summed E-state index contributed by atoms with van der Waals surface area (Å²) in [7, 11) is 1.63. The van der Waals surface area contributed by atoms with Crippen molar-refractivity contribution in [2.24, 2.45) is 0 Å². The quantitative estimate of drug-likeness (QED) is 0.674. The molecule has 0 atom stereocenters. The van der Waals surface area contributed by atoms with Crippen molar-refractivity contribution in [2.45, 2.75) is 50.5 Å². The highest BCUT2D eigenvalue weighted by molar-refractivity contribution is 5.81. The lowest BCUT2D eigenvalue weighted by atomic mass is 9.81. The number of para-hydroxylation sites is 1. The summed E-state index contributed by atoms with van der Waals surface area (Å²) in [5, 5.41) is 13.9. The molecule has 0 unspecified atom stereocenters. The Kier molecular flexibility index (Phi) is 6.65. The second kappa shape index (κ2) is 9.37. The van der Waals surface area contributed by atoms with Crippen molar-refractivity contribution in [2.75, 3.05) is 13.7 Å². The van der Waals surface area contributed by atoms with Crippen LogP contribution in [0, 0.1) is 11.3 Å². The number of amides is 1. The van der Waals surface area contributed by atoms with Gasteiger partial charge in [-0.15, -0.1) is 0 Å². The average Bonchev–Trinajstić information content (AvgIpc) is 3.25. The van der Waals surface area contributed by atoms with E-state index in [0.29, 0.717) is 19.3 Å². The Balaban J connectivity index is 1.46. The summed E-state index contributed by atoms with van der Waals surface area (Å²) in [5.74, 6) is -0.771. The molecule has 0 saturated heterocycles. The maximum atomic E-state index is 12.4. The number of rotatable bonds is 7. The van der Waals surface area contributed by atoms with E-state index in [9.17, 15) is 14.9 Å². The molecule has 0 aliphatic heterocycles. The van der Waals surface area contributed by atoms with Crippen LogP contribution in [0.4, 0.5) is 0 Å². The Morgan fingerprint density at radius 3 is 2.66 bits per heavy atom. The first kappa shape index (κ1) is 20.6.